The molecule has 0 unspecified atom stereocenters. The summed E-state index contributed by atoms with van der Waals surface area (Å²) >= 11 is 0. The van der Waals surface area contributed by atoms with Gasteiger partial charge in [0.1, 0.15) is 6.04 Å². The van der Waals surface area contributed by atoms with Gasteiger partial charge in [-0.3, -0.25) is 0 Å². The molecule has 128 valence electrons. The molecule has 0 aliphatic carbocycles. The Balaban J connectivity index is 2.47. The van der Waals surface area contributed by atoms with Gasteiger partial charge in [0.15, 0.2) is 0 Å². The van der Waals surface area contributed by atoms with Gasteiger partial charge in [0.2, 0.25) is 0 Å². The number of ether oxygens (including phenoxy) is 2. The molecule has 0 heterocycles. The van der Waals surface area contributed by atoms with Gasteiger partial charge in [0, 0.05) is 6.42 Å². The maximum atomic E-state index is 12.2. The molecule has 1 N–H and O–H groups in total. The molecule has 1 aromatic carbocycles. The van der Waals surface area contributed by atoms with Crippen molar-refractivity contribution in [2.24, 2.45) is 0 Å². The number of carbonyl (C=O) groups excluding carboxylic acids is 2. The Kier molecular flexibility index (Phi) is 9.52. The molecule has 0 aromatic heterocycles. The second-order valence-electron chi connectivity index (χ2n) is 5.46. The van der Waals surface area contributed by atoms with Crippen molar-refractivity contribution in [1.82, 2.24) is 5.32 Å². The number of carbonyl (C=O) groups is 2. The highest BCUT2D eigenvalue weighted by molar-refractivity contribution is 5.81. The van der Waals surface area contributed by atoms with Crippen LogP contribution in [0.3, 0.4) is 0 Å². The first-order valence-corrected chi connectivity index (χ1v) is 8.22. The predicted molar refractivity (Wildman–Crippen MR) is 89.2 cm³/mol. The second kappa shape index (κ2) is 11.5. The summed E-state index contributed by atoms with van der Waals surface area (Å²) in [5.41, 5.74) is 0.953. The van der Waals surface area contributed by atoms with Gasteiger partial charge in [-0.2, -0.15) is 0 Å². The molecule has 1 amide bonds. The molecule has 1 atom stereocenters. The maximum Gasteiger partial charge on any atom is 0.407 e. The van der Waals surface area contributed by atoms with Crippen LogP contribution in [-0.4, -0.2) is 31.8 Å². The van der Waals surface area contributed by atoms with Gasteiger partial charge in [-0.15, -0.1) is 0 Å². The number of rotatable bonds is 10. The first-order valence-electron chi connectivity index (χ1n) is 8.22. The predicted octanol–water partition coefficient (Wildman–Crippen LogP) is 3.47. The van der Waals surface area contributed by atoms with Crippen molar-refractivity contribution in [3.8, 4) is 0 Å². The summed E-state index contributed by atoms with van der Waals surface area (Å²) in [6.45, 7) is 2.55. The Morgan fingerprint density at radius 2 is 1.78 bits per heavy atom. The van der Waals surface area contributed by atoms with Gasteiger partial charge in [0.25, 0.3) is 0 Å². The largest absolute Gasteiger partial charge is 0.464 e. The van der Waals surface area contributed by atoms with Gasteiger partial charge >= 0.3 is 12.1 Å². The van der Waals surface area contributed by atoms with E-state index in [0.29, 0.717) is 13.0 Å². The van der Waals surface area contributed by atoms with E-state index >= 15 is 0 Å². The fourth-order valence-electron chi connectivity index (χ4n) is 2.22. The highest BCUT2D eigenvalue weighted by Gasteiger charge is 2.23. The fourth-order valence-corrected chi connectivity index (χ4v) is 2.22. The van der Waals surface area contributed by atoms with E-state index in [0.717, 1.165) is 24.8 Å². The minimum absolute atomic E-state index is 0.380. The zero-order chi connectivity index (χ0) is 16.9. The second-order valence-corrected chi connectivity index (χ2v) is 5.46. The average molecular weight is 321 g/mol. The van der Waals surface area contributed by atoms with Crippen LogP contribution < -0.4 is 5.32 Å². The number of hydrogen-bond acceptors (Lipinski definition) is 4. The van der Waals surface area contributed by atoms with Crippen molar-refractivity contribution in [2.75, 3.05) is 13.7 Å². The molecule has 0 aliphatic heterocycles. The van der Waals surface area contributed by atoms with Crippen molar-refractivity contribution in [1.29, 1.82) is 0 Å². The Bertz CT molecular complexity index is 461. The molecule has 5 nitrogen and oxygen atoms in total. The van der Waals surface area contributed by atoms with Crippen LogP contribution in [0.2, 0.25) is 0 Å². The zero-order valence-corrected chi connectivity index (χ0v) is 14.0. The SMILES string of the molecule is CCCCCCCOC(=O)[C@H](Cc1ccccc1)NC(=O)OC. The molecule has 23 heavy (non-hydrogen) atoms. The summed E-state index contributed by atoms with van der Waals surface area (Å²) < 4.78 is 9.87. The van der Waals surface area contributed by atoms with Crippen LogP contribution in [0.5, 0.6) is 0 Å². The van der Waals surface area contributed by atoms with Crippen LogP contribution in [0.25, 0.3) is 0 Å². The van der Waals surface area contributed by atoms with Crippen molar-refractivity contribution < 1.29 is 19.1 Å². The van der Waals surface area contributed by atoms with Gasteiger partial charge in [-0.05, 0) is 12.0 Å². The lowest BCUT2D eigenvalue weighted by atomic mass is 10.1. The minimum Gasteiger partial charge on any atom is -0.464 e. The Labute approximate surface area is 138 Å². The van der Waals surface area contributed by atoms with Crippen LogP contribution in [0, 0.1) is 0 Å². The molecule has 0 spiro atoms. The van der Waals surface area contributed by atoms with Gasteiger partial charge in [-0.1, -0.05) is 62.9 Å². The molecule has 0 radical (unpaired) electrons. The number of hydrogen-bond donors (Lipinski definition) is 1. The van der Waals surface area contributed by atoms with Crippen LogP contribution in [-0.2, 0) is 20.7 Å². The van der Waals surface area contributed by atoms with Crippen LogP contribution in [0.4, 0.5) is 4.79 Å². The van der Waals surface area contributed by atoms with E-state index in [9.17, 15) is 9.59 Å². The van der Waals surface area contributed by atoms with Crippen molar-refractivity contribution in [3.05, 3.63) is 35.9 Å². The summed E-state index contributed by atoms with van der Waals surface area (Å²) in [6.07, 6.45) is 5.19. The third kappa shape index (κ3) is 8.24. The number of methoxy groups -OCH3 is 1. The summed E-state index contributed by atoms with van der Waals surface area (Å²) in [5, 5.41) is 2.54. The zero-order valence-electron chi connectivity index (χ0n) is 14.0. The first-order chi connectivity index (χ1) is 11.2. The van der Waals surface area contributed by atoms with Crippen LogP contribution in [0.15, 0.2) is 30.3 Å². The van der Waals surface area contributed by atoms with E-state index in [1.807, 2.05) is 30.3 Å². The van der Waals surface area contributed by atoms with E-state index in [-0.39, 0.29) is 0 Å². The van der Waals surface area contributed by atoms with Crippen LogP contribution in [0.1, 0.15) is 44.6 Å². The van der Waals surface area contributed by atoms with Gasteiger partial charge in [0.05, 0.1) is 13.7 Å². The number of benzene rings is 1. The number of alkyl carbamates (subject to hydrolysis) is 1. The molecule has 1 aromatic rings. The lowest BCUT2D eigenvalue weighted by molar-refractivity contribution is -0.146. The normalized spacial score (nSPS) is 11.6. The highest BCUT2D eigenvalue weighted by atomic mass is 16.5. The first kappa shape index (κ1) is 19.0. The molecule has 1 rings (SSSR count). The molecule has 0 saturated heterocycles. The summed E-state index contributed by atoms with van der Waals surface area (Å²) in [7, 11) is 1.27. The van der Waals surface area contributed by atoms with Crippen molar-refractivity contribution in [3.63, 3.8) is 0 Å². The minimum atomic E-state index is -0.736. The molecule has 0 aliphatic rings. The molecule has 0 bridgehead atoms. The Hall–Kier alpha value is -2.04. The summed E-state index contributed by atoms with van der Waals surface area (Å²) in [6, 6.07) is 8.77. The van der Waals surface area contributed by atoms with Gasteiger partial charge in [-0.25, -0.2) is 9.59 Å². The molecule has 0 saturated carbocycles. The number of nitrogens with one attached hydrogen (secondary N) is 1. The highest BCUT2D eigenvalue weighted by Crippen LogP contribution is 2.07. The van der Waals surface area contributed by atoms with E-state index in [1.165, 1.54) is 20.0 Å². The van der Waals surface area contributed by atoms with Crippen LogP contribution >= 0.6 is 0 Å². The number of unbranched alkanes of at least 4 members (excludes halogenated alkanes) is 4. The van der Waals surface area contributed by atoms with E-state index in [2.05, 4.69) is 17.0 Å². The summed E-state index contributed by atoms with van der Waals surface area (Å²) in [5.74, 6) is -0.422. The average Bonchev–Trinajstić information content (AvgIpc) is 2.58. The molecule has 0 fully saturated rings. The Morgan fingerprint density at radius 3 is 2.43 bits per heavy atom. The lowest BCUT2D eigenvalue weighted by Crippen LogP contribution is -2.43. The maximum absolute atomic E-state index is 12.2. The Morgan fingerprint density at radius 1 is 1.09 bits per heavy atom. The van der Waals surface area contributed by atoms with E-state index < -0.39 is 18.1 Å². The van der Waals surface area contributed by atoms with E-state index in [1.54, 1.807) is 0 Å². The molecular formula is C18H27NO4. The quantitative estimate of drug-likeness (QED) is 0.529. The lowest BCUT2D eigenvalue weighted by Gasteiger charge is -2.17. The molecule has 5 heteroatoms. The fraction of sp³-hybridized carbons (Fsp3) is 0.556. The summed E-state index contributed by atoms with van der Waals surface area (Å²) in [4.78, 5) is 23.6. The van der Waals surface area contributed by atoms with E-state index in [4.69, 9.17) is 4.74 Å². The molecular weight excluding hydrogens is 294 g/mol. The topological polar surface area (TPSA) is 64.6 Å². The third-order valence-electron chi connectivity index (χ3n) is 3.54. The number of esters is 1. The van der Waals surface area contributed by atoms with Crippen molar-refractivity contribution in [2.45, 2.75) is 51.5 Å². The van der Waals surface area contributed by atoms with Crippen molar-refractivity contribution >= 4 is 12.1 Å². The monoisotopic (exact) mass is 321 g/mol. The standard InChI is InChI=1S/C18H27NO4/c1-3-4-5-6-10-13-23-17(20)16(19-18(21)22-2)14-15-11-8-7-9-12-15/h7-9,11-12,16H,3-6,10,13-14H2,1-2H3,(H,19,21)/t16-/m0/s1. The number of amides is 1. The third-order valence-corrected chi connectivity index (χ3v) is 3.54. The van der Waals surface area contributed by atoms with Gasteiger partial charge < -0.3 is 14.8 Å². The smallest absolute Gasteiger partial charge is 0.407 e.